The molecule has 3 N–H and O–H groups in total. The van der Waals surface area contributed by atoms with Crippen molar-refractivity contribution in [3.8, 4) is 11.5 Å². The van der Waals surface area contributed by atoms with Gasteiger partial charge in [-0.1, -0.05) is 30.3 Å². The molecule has 1 aromatic heterocycles. The number of nitrogens with one attached hydrogen (secondary N) is 1. The highest BCUT2D eigenvalue weighted by molar-refractivity contribution is 14.0. The summed E-state index contributed by atoms with van der Waals surface area (Å²) in [6, 6.07) is 15.8. The molecule has 0 bridgehead atoms. The summed E-state index contributed by atoms with van der Waals surface area (Å²) in [6.45, 7) is 6.18. The Balaban J connectivity index is 0.00000320. The third-order valence-corrected chi connectivity index (χ3v) is 4.13. The molecule has 8 heteroatoms. The smallest absolute Gasteiger partial charge is 0.193 e. The van der Waals surface area contributed by atoms with Crippen LogP contribution in [0.15, 0.2) is 65.9 Å². The number of ether oxygens (including phenoxy) is 2. The van der Waals surface area contributed by atoms with Crippen LogP contribution in [-0.2, 0) is 13.1 Å². The largest absolute Gasteiger partial charge is 0.494 e. The molecule has 0 fully saturated rings. The van der Waals surface area contributed by atoms with Crippen molar-refractivity contribution in [1.82, 2.24) is 9.78 Å². The van der Waals surface area contributed by atoms with Crippen LogP contribution in [0, 0.1) is 0 Å². The number of aromatic nitrogens is 2. The third-order valence-electron chi connectivity index (χ3n) is 4.13. The molecular formula is C22H28IN5O2. The third kappa shape index (κ3) is 6.94. The molecule has 30 heavy (non-hydrogen) atoms. The van der Waals surface area contributed by atoms with Gasteiger partial charge in [-0.25, -0.2) is 4.99 Å². The number of hydrogen-bond acceptors (Lipinski definition) is 4. The number of guanidine groups is 1. The highest BCUT2D eigenvalue weighted by atomic mass is 127. The second kappa shape index (κ2) is 12.1. The topological polar surface area (TPSA) is 86.7 Å². The van der Waals surface area contributed by atoms with Crippen LogP contribution in [0.1, 0.15) is 25.0 Å². The van der Waals surface area contributed by atoms with Crippen LogP contribution in [0.4, 0.5) is 5.69 Å². The predicted octanol–water partition coefficient (Wildman–Crippen LogP) is 4.27. The van der Waals surface area contributed by atoms with Crippen LogP contribution < -0.4 is 20.5 Å². The highest BCUT2D eigenvalue weighted by Crippen LogP contribution is 2.29. The van der Waals surface area contributed by atoms with E-state index in [9.17, 15) is 0 Å². The van der Waals surface area contributed by atoms with E-state index in [1.807, 2.05) is 61.1 Å². The van der Waals surface area contributed by atoms with Gasteiger partial charge < -0.3 is 20.5 Å². The Morgan fingerprint density at radius 1 is 1.07 bits per heavy atom. The van der Waals surface area contributed by atoms with Crippen molar-refractivity contribution in [3.63, 3.8) is 0 Å². The van der Waals surface area contributed by atoms with Crippen LogP contribution in [0.2, 0.25) is 0 Å². The van der Waals surface area contributed by atoms with Crippen LogP contribution in [0.25, 0.3) is 0 Å². The molecular weight excluding hydrogens is 493 g/mol. The Kier molecular flexibility index (Phi) is 9.46. The lowest BCUT2D eigenvalue weighted by Crippen LogP contribution is -2.23. The van der Waals surface area contributed by atoms with Crippen LogP contribution in [0.3, 0.4) is 0 Å². The summed E-state index contributed by atoms with van der Waals surface area (Å²) in [5, 5.41) is 7.50. The molecule has 0 spiro atoms. The Morgan fingerprint density at radius 2 is 1.83 bits per heavy atom. The lowest BCUT2D eigenvalue weighted by atomic mass is 10.2. The van der Waals surface area contributed by atoms with E-state index in [2.05, 4.69) is 27.5 Å². The summed E-state index contributed by atoms with van der Waals surface area (Å²) >= 11 is 0. The van der Waals surface area contributed by atoms with Crippen molar-refractivity contribution in [2.24, 2.45) is 10.7 Å². The van der Waals surface area contributed by atoms with Gasteiger partial charge in [-0.2, -0.15) is 5.10 Å². The number of aliphatic imine (C=N–C) groups is 1. The molecule has 0 saturated heterocycles. The first kappa shape index (κ1) is 23.5. The number of benzene rings is 2. The number of halogens is 1. The maximum Gasteiger partial charge on any atom is 0.193 e. The lowest BCUT2D eigenvalue weighted by molar-refractivity contribution is 0.332. The highest BCUT2D eigenvalue weighted by Gasteiger charge is 2.07. The first-order valence-corrected chi connectivity index (χ1v) is 9.69. The molecule has 0 aliphatic rings. The lowest BCUT2D eigenvalue weighted by Gasteiger charge is -2.13. The fraction of sp³-hybridized carbons (Fsp3) is 0.273. The maximum atomic E-state index is 6.09. The van der Waals surface area contributed by atoms with Gasteiger partial charge >= 0.3 is 0 Å². The summed E-state index contributed by atoms with van der Waals surface area (Å²) in [5.41, 5.74) is 8.99. The molecule has 1 heterocycles. The van der Waals surface area contributed by atoms with Crippen LogP contribution in [-0.4, -0.2) is 29.0 Å². The van der Waals surface area contributed by atoms with Crippen molar-refractivity contribution in [1.29, 1.82) is 0 Å². The standard InChI is InChI=1S/C22H27N5O2.HI/c1-3-28-19-10-11-21(29-4-2)20(12-19)26-22(23)24-13-18-14-25-27(16-18)15-17-8-6-5-7-9-17;/h5-12,14,16H,3-4,13,15H2,1-2H3,(H3,23,24,26);1H. The molecule has 3 aromatic rings. The minimum absolute atomic E-state index is 0. The fourth-order valence-corrected chi connectivity index (χ4v) is 2.84. The van der Waals surface area contributed by atoms with Crippen molar-refractivity contribution in [3.05, 3.63) is 72.1 Å². The first-order valence-electron chi connectivity index (χ1n) is 9.69. The van der Waals surface area contributed by atoms with Crippen molar-refractivity contribution < 1.29 is 9.47 Å². The molecule has 0 radical (unpaired) electrons. The zero-order valence-corrected chi connectivity index (χ0v) is 19.6. The quantitative estimate of drug-likeness (QED) is 0.250. The van der Waals surface area contributed by atoms with Gasteiger partial charge in [0.15, 0.2) is 5.96 Å². The predicted molar refractivity (Wildman–Crippen MR) is 131 cm³/mol. The summed E-state index contributed by atoms with van der Waals surface area (Å²) in [6.07, 6.45) is 3.78. The van der Waals surface area contributed by atoms with E-state index in [-0.39, 0.29) is 24.0 Å². The van der Waals surface area contributed by atoms with Gasteiger partial charge in [0, 0.05) is 17.8 Å². The van der Waals surface area contributed by atoms with E-state index in [0.29, 0.717) is 31.5 Å². The van der Waals surface area contributed by atoms with E-state index in [0.717, 1.165) is 23.5 Å². The molecule has 0 aliphatic heterocycles. The van der Waals surface area contributed by atoms with Gasteiger partial charge in [0.1, 0.15) is 11.5 Å². The molecule has 0 saturated carbocycles. The number of nitrogens with zero attached hydrogens (tertiary/aromatic N) is 3. The molecule has 0 aliphatic carbocycles. The van der Waals surface area contributed by atoms with Gasteiger partial charge in [0.2, 0.25) is 0 Å². The summed E-state index contributed by atoms with van der Waals surface area (Å²) in [4.78, 5) is 4.42. The zero-order chi connectivity index (χ0) is 20.5. The molecule has 7 nitrogen and oxygen atoms in total. The number of hydrogen-bond donors (Lipinski definition) is 2. The fourth-order valence-electron chi connectivity index (χ4n) is 2.84. The molecule has 2 aromatic carbocycles. The second-order valence-corrected chi connectivity index (χ2v) is 6.38. The van der Waals surface area contributed by atoms with Crippen molar-refractivity contribution in [2.75, 3.05) is 18.5 Å². The van der Waals surface area contributed by atoms with E-state index < -0.39 is 0 Å². The molecule has 3 rings (SSSR count). The van der Waals surface area contributed by atoms with Gasteiger partial charge in [-0.3, -0.25) is 4.68 Å². The number of nitrogens with two attached hydrogens (primary N) is 1. The van der Waals surface area contributed by atoms with Crippen LogP contribution in [0.5, 0.6) is 11.5 Å². The summed E-state index contributed by atoms with van der Waals surface area (Å²) in [7, 11) is 0. The Morgan fingerprint density at radius 3 is 2.57 bits per heavy atom. The Bertz CT molecular complexity index is 944. The second-order valence-electron chi connectivity index (χ2n) is 6.38. The molecule has 0 unspecified atom stereocenters. The average Bonchev–Trinajstić information content (AvgIpc) is 3.17. The van der Waals surface area contributed by atoms with E-state index in [4.69, 9.17) is 15.2 Å². The van der Waals surface area contributed by atoms with E-state index >= 15 is 0 Å². The maximum absolute atomic E-state index is 6.09. The van der Waals surface area contributed by atoms with E-state index in [1.165, 1.54) is 5.56 Å². The van der Waals surface area contributed by atoms with Crippen molar-refractivity contribution in [2.45, 2.75) is 26.9 Å². The Hall–Kier alpha value is -2.75. The Labute approximate surface area is 194 Å². The molecule has 0 atom stereocenters. The first-order chi connectivity index (χ1) is 14.2. The normalized spacial score (nSPS) is 10.9. The average molecular weight is 521 g/mol. The zero-order valence-electron chi connectivity index (χ0n) is 17.2. The molecule has 160 valence electrons. The monoisotopic (exact) mass is 521 g/mol. The summed E-state index contributed by atoms with van der Waals surface area (Å²) < 4.78 is 13.1. The van der Waals surface area contributed by atoms with Crippen LogP contribution >= 0.6 is 24.0 Å². The van der Waals surface area contributed by atoms with Crippen molar-refractivity contribution >= 4 is 35.6 Å². The molecule has 0 amide bonds. The van der Waals surface area contributed by atoms with Gasteiger partial charge in [-0.05, 0) is 31.5 Å². The van der Waals surface area contributed by atoms with E-state index in [1.54, 1.807) is 6.20 Å². The van der Waals surface area contributed by atoms with Gasteiger partial charge in [0.25, 0.3) is 0 Å². The number of rotatable bonds is 9. The van der Waals surface area contributed by atoms with Gasteiger partial charge in [0.05, 0.1) is 38.2 Å². The minimum Gasteiger partial charge on any atom is -0.494 e. The SMILES string of the molecule is CCOc1ccc(OCC)c(NC(N)=NCc2cnn(Cc3ccccc3)c2)c1.I. The minimum atomic E-state index is 0. The van der Waals surface area contributed by atoms with Gasteiger partial charge in [-0.15, -0.1) is 24.0 Å². The number of anilines is 1. The summed E-state index contributed by atoms with van der Waals surface area (Å²) in [5.74, 6) is 1.74.